The standard InChI is InChI=1S/C14H12F3NO2S/c1-7(2)12-18-10(11(21-12)13(19)20)8-3-5-9(6-4-8)14(15,16)17/h3-7H,1-2H3,(H,19,20). The normalized spacial score (nSPS) is 11.9. The van der Waals surface area contributed by atoms with Crippen LogP contribution in [0.25, 0.3) is 11.3 Å². The molecule has 1 aromatic heterocycles. The topological polar surface area (TPSA) is 50.2 Å². The lowest BCUT2D eigenvalue weighted by Crippen LogP contribution is -2.04. The number of benzene rings is 1. The minimum absolute atomic E-state index is 0.0402. The summed E-state index contributed by atoms with van der Waals surface area (Å²) in [6.45, 7) is 3.75. The average molecular weight is 315 g/mol. The van der Waals surface area contributed by atoms with Crippen molar-refractivity contribution in [1.29, 1.82) is 0 Å². The molecule has 0 bridgehead atoms. The molecular weight excluding hydrogens is 303 g/mol. The third-order valence-electron chi connectivity index (χ3n) is 2.82. The number of alkyl halides is 3. The van der Waals surface area contributed by atoms with Gasteiger partial charge in [0.25, 0.3) is 0 Å². The first-order valence-corrected chi connectivity index (χ1v) is 6.93. The zero-order valence-corrected chi connectivity index (χ0v) is 12.0. The number of aromatic nitrogens is 1. The minimum atomic E-state index is -4.42. The van der Waals surface area contributed by atoms with Crippen molar-refractivity contribution in [3.05, 3.63) is 39.7 Å². The van der Waals surface area contributed by atoms with E-state index >= 15 is 0 Å². The number of hydrogen-bond acceptors (Lipinski definition) is 3. The largest absolute Gasteiger partial charge is 0.477 e. The molecular formula is C14H12F3NO2S. The number of hydrogen-bond donors (Lipinski definition) is 1. The molecule has 112 valence electrons. The SMILES string of the molecule is CC(C)c1nc(-c2ccc(C(F)(F)F)cc2)c(C(=O)O)s1. The van der Waals surface area contributed by atoms with Crippen LogP contribution >= 0.6 is 11.3 Å². The second kappa shape index (κ2) is 5.48. The van der Waals surface area contributed by atoms with Gasteiger partial charge in [0.05, 0.1) is 16.3 Å². The summed E-state index contributed by atoms with van der Waals surface area (Å²) in [4.78, 5) is 15.5. The summed E-state index contributed by atoms with van der Waals surface area (Å²) >= 11 is 1.05. The third-order valence-corrected chi connectivity index (χ3v) is 4.16. The van der Waals surface area contributed by atoms with E-state index in [1.165, 1.54) is 12.1 Å². The summed E-state index contributed by atoms with van der Waals surface area (Å²) in [6, 6.07) is 4.34. The fourth-order valence-electron chi connectivity index (χ4n) is 1.74. The molecule has 0 aliphatic heterocycles. The molecule has 1 aromatic carbocycles. The van der Waals surface area contributed by atoms with E-state index < -0.39 is 17.7 Å². The van der Waals surface area contributed by atoms with Crippen molar-refractivity contribution in [2.75, 3.05) is 0 Å². The number of carboxylic acids is 1. The van der Waals surface area contributed by atoms with E-state index in [9.17, 15) is 23.1 Å². The van der Waals surface area contributed by atoms with Gasteiger partial charge in [-0.15, -0.1) is 11.3 Å². The Labute approximate surface area is 123 Å². The lowest BCUT2D eigenvalue weighted by molar-refractivity contribution is -0.137. The maximum absolute atomic E-state index is 12.5. The van der Waals surface area contributed by atoms with Crippen molar-refractivity contribution in [1.82, 2.24) is 4.98 Å². The number of halogens is 3. The van der Waals surface area contributed by atoms with Crippen molar-refractivity contribution in [3.63, 3.8) is 0 Å². The van der Waals surface area contributed by atoms with Gasteiger partial charge in [-0.05, 0) is 12.1 Å². The predicted octanol–water partition coefficient (Wildman–Crippen LogP) is 4.65. The quantitative estimate of drug-likeness (QED) is 0.897. The minimum Gasteiger partial charge on any atom is -0.477 e. The van der Waals surface area contributed by atoms with Crippen LogP contribution in [-0.4, -0.2) is 16.1 Å². The Balaban J connectivity index is 2.48. The van der Waals surface area contributed by atoms with Gasteiger partial charge in [-0.1, -0.05) is 26.0 Å². The highest BCUT2D eigenvalue weighted by Gasteiger charge is 2.30. The maximum Gasteiger partial charge on any atom is 0.416 e. The highest BCUT2D eigenvalue weighted by atomic mass is 32.1. The Bertz CT molecular complexity index is 660. The number of nitrogens with zero attached hydrogens (tertiary/aromatic N) is 1. The molecule has 1 N–H and O–H groups in total. The van der Waals surface area contributed by atoms with Gasteiger partial charge < -0.3 is 5.11 Å². The molecule has 0 spiro atoms. The van der Waals surface area contributed by atoms with Gasteiger partial charge >= 0.3 is 12.1 Å². The van der Waals surface area contributed by atoms with Gasteiger partial charge in [0.2, 0.25) is 0 Å². The second-order valence-electron chi connectivity index (χ2n) is 4.76. The molecule has 3 nitrogen and oxygen atoms in total. The fourth-order valence-corrected chi connectivity index (χ4v) is 2.67. The van der Waals surface area contributed by atoms with Crippen LogP contribution in [0.15, 0.2) is 24.3 Å². The first-order chi connectivity index (χ1) is 9.70. The highest BCUT2D eigenvalue weighted by molar-refractivity contribution is 7.14. The Morgan fingerprint density at radius 2 is 1.81 bits per heavy atom. The molecule has 1 heterocycles. The number of carboxylic acid groups (broad SMARTS) is 1. The van der Waals surface area contributed by atoms with Crippen LogP contribution in [0.5, 0.6) is 0 Å². The highest BCUT2D eigenvalue weighted by Crippen LogP contribution is 2.34. The predicted molar refractivity (Wildman–Crippen MR) is 73.6 cm³/mol. The van der Waals surface area contributed by atoms with Gasteiger partial charge in [-0.3, -0.25) is 0 Å². The summed E-state index contributed by atoms with van der Waals surface area (Å²) in [5.74, 6) is -1.08. The van der Waals surface area contributed by atoms with E-state index in [2.05, 4.69) is 4.98 Å². The molecule has 0 amide bonds. The van der Waals surface area contributed by atoms with Crippen LogP contribution in [0.1, 0.15) is 40.0 Å². The second-order valence-corrected chi connectivity index (χ2v) is 5.80. The average Bonchev–Trinajstić information content (AvgIpc) is 2.83. The van der Waals surface area contributed by atoms with E-state index in [1.54, 1.807) is 0 Å². The van der Waals surface area contributed by atoms with E-state index in [4.69, 9.17) is 0 Å². The van der Waals surface area contributed by atoms with Crippen LogP contribution in [-0.2, 0) is 6.18 Å². The molecule has 0 fully saturated rings. The number of rotatable bonds is 3. The van der Waals surface area contributed by atoms with E-state index in [1.807, 2.05) is 13.8 Å². The number of carbonyl (C=O) groups is 1. The zero-order chi connectivity index (χ0) is 15.8. The number of aromatic carboxylic acids is 1. The van der Waals surface area contributed by atoms with Crippen LogP contribution < -0.4 is 0 Å². The van der Waals surface area contributed by atoms with Crippen molar-refractivity contribution < 1.29 is 23.1 Å². The molecule has 0 saturated carbocycles. The third kappa shape index (κ3) is 3.24. The lowest BCUT2D eigenvalue weighted by atomic mass is 10.1. The van der Waals surface area contributed by atoms with Gasteiger partial charge in [-0.25, -0.2) is 9.78 Å². The van der Waals surface area contributed by atoms with E-state index in [-0.39, 0.29) is 16.5 Å². The molecule has 21 heavy (non-hydrogen) atoms. The molecule has 0 atom stereocenters. The molecule has 0 saturated heterocycles. The van der Waals surface area contributed by atoms with Gasteiger partial charge in [0.1, 0.15) is 4.88 Å². The molecule has 2 aromatic rings. The first-order valence-electron chi connectivity index (χ1n) is 6.11. The molecule has 0 aliphatic carbocycles. The van der Waals surface area contributed by atoms with Gasteiger partial charge in [-0.2, -0.15) is 13.2 Å². The van der Waals surface area contributed by atoms with Gasteiger partial charge in [0.15, 0.2) is 0 Å². The first kappa shape index (κ1) is 15.5. The molecule has 0 aliphatic rings. The summed E-state index contributed by atoms with van der Waals surface area (Å²) < 4.78 is 37.6. The summed E-state index contributed by atoms with van der Waals surface area (Å²) in [5, 5.41) is 9.84. The summed E-state index contributed by atoms with van der Waals surface area (Å²) in [6.07, 6.45) is -4.42. The van der Waals surface area contributed by atoms with Crippen molar-refractivity contribution in [2.24, 2.45) is 0 Å². The van der Waals surface area contributed by atoms with Gasteiger partial charge in [0, 0.05) is 11.5 Å². The Hall–Kier alpha value is -1.89. The van der Waals surface area contributed by atoms with Crippen molar-refractivity contribution >= 4 is 17.3 Å². The summed E-state index contributed by atoms with van der Waals surface area (Å²) in [7, 11) is 0. The molecule has 0 radical (unpaired) electrons. The smallest absolute Gasteiger partial charge is 0.416 e. The monoisotopic (exact) mass is 315 g/mol. The Kier molecular flexibility index (Phi) is 4.04. The fraction of sp³-hybridized carbons (Fsp3) is 0.286. The maximum atomic E-state index is 12.5. The zero-order valence-electron chi connectivity index (χ0n) is 11.2. The Morgan fingerprint density at radius 1 is 1.24 bits per heavy atom. The van der Waals surface area contributed by atoms with Crippen LogP contribution in [0.4, 0.5) is 13.2 Å². The van der Waals surface area contributed by atoms with Crippen molar-refractivity contribution in [3.8, 4) is 11.3 Å². The molecule has 0 unspecified atom stereocenters. The van der Waals surface area contributed by atoms with E-state index in [0.717, 1.165) is 23.5 Å². The van der Waals surface area contributed by atoms with Crippen LogP contribution in [0.2, 0.25) is 0 Å². The molecule has 2 rings (SSSR count). The number of thiazole rings is 1. The van der Waals surface area contributed by atoms with E-state index in [0.29, 0.717) is 10.6 Å². The summed E-state index contributed by atoms with van der Waals surface area (Å²) in [5.41, 5.74) is -0.198. The lowest BCUT2D eigenvalue weighted by Gasteiger charge is -2.07. The molecule has 7 heteroatoms. The van der Waals surface area contributed by atoms with Crippen LogP contribution in [0.3, 0.4) is 0 Å². The van der Waals surface area contributed by atoms with Crippen LogP contribution in [0, 0.1) is 0 Å². The Morgan fingerprint density at radius 3 is 2.24 bits per heavy atom. The van der Waals surface area contributed by atoms with Crippen molar-refractivity contribution in [2.45, 2.75) is 25.9 Å².